The van der Waals surface area contributed by atoms with E-state index in [0.29, 0.717) is 5.91 Å². The number of carbonyl (C=O) groups excluding carboxylic acids is 1. The lowest BCUT2D eigenvalue weighted by Gasteiger charge is -2.34. The average molecular weight is 234 g/mol. The SMILES string of the molecule is C#CCN1CCC(C(=O)N2CCCCC2)CC1. The molecule has 0 spiro atoms. The van der Waals surface area contributed by atoms with Crippen molar-refractivity contribution >= 4 is 5.91 Å². The van der Waals surface area contributed by atoms with E-state index in [4.69, 9.17) is 6.42 Å². The summed E-state index contributed by atoms with van der Waals surface area (Å²) in [5.41, 5.74) is 0. The molecule has 1 amide bonds. The van der Waals surface area contributed by atoms with Crippen molar-refractivity contribution in [2.24, 2.45) is 5.92 Å². The van der Waals surface area contributed by atoms with E-state index in [1.54, 1.807) is 0 Å². The fraction of sp³-hybridized carbons (Fsp3) is 0.786. The van der Waals surface area contributed by atoms with E-state index >= 15 is 0 Å². The fourth-order valence-corrected chi connectivity index (χ4v) is 2.84. The molecule has 17 heavy (non-hydrogen) atoms. The van der Waals surface area contributed by atoms with Crippen molar-refractivity contribution < 1.29 is 4.79 Å². The van der Waals surface area contributed by atoms with Crippen molar-refractivity contribution in [1.82, 2.24) is 9.80 Å². The van der Waals surface area contributed by atoms with Crippen LogP contribution in [-0.4, -0.2) is 48.4 Å². The molecule has 3 heteroatoms. The van der Waals surface area contributed by atoms with Gasteiger partial charge in [0.1, 0.15) is 0 Å². The number of amides is 1. The van der Waals surface area contributed by atoms with Crippen LogP contribution in [0.15, 0.2) is 0 Å². The molecular weight excluding hydrogens is 212 g/mol. The highest BCUT2D eigenvalue weighted by molar-refractivity contribution is 5.79. The number of hydrogen-bond acceptors (Lipinski definition) is 2. The Morgan fingerprint density at radius 3 is 2.35 bits per heavy atom. The van der Waals surface area contributed by atoms with Gasteiger partial charge in [0.05, 0.1) is 6.54 Å². The van der Waals surface area contributed by atoms with Gasteiger partial charge >= 0.3 is 0 Å². The van der Waals surface area contributed by atoms with Crippen molar-refractivity contribution in [2.75, 3.05) is 32.7 Å². The zero-order chi connectivity index (χ0) is 12.1. The van der Waals surface area contributed by atoms with Crippen LogP contribution in [-0.2, 0) is 4.79 Å². The standard InChI is InChI=1S/C14H22N2O/c1-2-8-15-11-6-13(7-12-15)14(17)16-9-4-3-5-10-16/h1,13H,3-12H2. The van der Waals surface area contributed by atoms with Crippen LogP contribution >= 0.6 is 0 Å². The molecule has 0 atom stereocenters. The van der Waals surface area contributed by atoms with Gasteiger partial charge in [0.2, 0.25) is 5.91 Å². The zero-order valence-corrected chi connectivity index (χ0v) is 10.5. The minimum atomic E-state index is 0.252. The number of hydrogen-bond donors (Lipinski definition) is 0. The van der Waals surface area contributed by atoms with E-state index in [1.165, 1.54) is 19.3 Å². The van der Waals surface area contributed by atoms with Crippen LogP contribution in [0.4, 0.5) is 0 Å². The molecule has 94 valence electrons. The quantitative estimate of drug-likeness (QED) is 0.673. The monoisotopic (exact) mass is 234 g/mol. The predicted octanol–water partition coefficient (Wildman–Crippen LogP) is 1.34. The topological polar surface area (TPSA) is 23.6 Å². The van der Waals surface area contributed by atoms with E-state index in [0.717, 1.165) is 45.6 Å². The molecule has 2 rings (SSSR count). The summed E-state index contributed by atoms with van der Waals surface area (Å²) >= 11 is 0. The zero-order valence-electron chi connectivity index (χ0n) is 10.5. The smallest absolute Gasteiger partial charge is 0.225 e. The Morgan fingerprint density at radius 1 is 1.12 bits per heavy atom. The van der Waals surface area contributed by atoms with Crippen LogP contribution < -0.4 is 0 Å². The van der Waals surface area contributed by atoms with Crippen LogP contribution in [0.2, 0.25) is 0 Å². The summed E-state index contributed by atoms with van der Waals surface area (Å²) in [6, 6.07) is 0. The first kappa shape index (κ1) is 12.4. The van der Waals surface area contributed by atoms with Gasteiger partial charge in [-0.1, -0.05) is 5.92 Å². The van der Waals surface area contributed by atoms with Crippen molar-refractivity contribution in [3.05, 3.63) is 0 Å². The minimum absolute atomic E-state index is 0.252. The minimum Gasteiger partial charge on any atom is -0.342 e. The molecule has 2 aliphatic rings. The third-order valence-electron chi connectivity index (χ3n) is 3.92. The number of carbonyl (C=O) groups is 1. The number of rotatable bonds is 2. The molecular formula is C14H22N2O. The summed E-state index contributed by atoms with van der Waals surface area (Å²) < 4.78 is 0. The van der Waals surface area contributed by atoms with Crippen LogP contribution in [0.5, 0.6) is 0 Å². The molecule has 2 saturated heterocycles. The Balaban J connectivity index is 1.79. The number of piperidine rings is 2. The van der Waals surface area contributed by atoms with Crippen LogP contribution in [0.1, 0.15) is 32.1 Å². The molecule has 3 nitrogen and oxygen atoms in total. The van der Waals surface area contributed by atoms with Crippen LogP contribution in [0, 0.1) is 18.3 Å². The lowest BCUT2D eigenvalue weighted by Crippen LogP contribution is -2.44. The maximum Gasteiger partial charge on any atom is 0.225 e. The van der Waals surface area contributed by atoms with Gasteiger partial charge in [-0.05, 0) is 45.2 Å². The summed E-state index contributed by atoms with van der Waals surface area (Å²) in [6.07, 6.45) is 10.9. The van der Waals surface area contributed by atoms with Gasteiger partial charge in [0.25, 0.3) is 0 Å². The summed E-state index contributed by atoms with van der Waals surface area (Å²) in [5, 5.41) is 0. The maximum atomic E-state index is 12.3. The Bertz CT molecular complexity index is 294. The second-order valence-corrected chi connectivity index (χ2v) is 5.14. The highest BCUT2D eigenvalue weighted by Crippen LogP contribution is 2.21. The van der Waals surface area contributed by atoms with Crippen LogP contribution in [0.3, 0.4) is 0 Å². The Morgan fingerprint density at radius 2 is 1.76 bits per heavy atom. The molecule has 0 N–H and O–H groups in total. The average Bonchev–Trinajstić information content (AvgIpc) is 2.40. The molecule has 2 heterocycles. The van der Waals surface area contributed by atoms with E-state index < -0.39 is 0 Å². The molecule has 2 aliphatic heterocycles. The van der Waals surface area contributed by atoms with E-state index in [9.17, 15) is 4.79 Å². The highest BCUT2D eigenvalue weighted by Gasteiger charge is 2.28. The van der Waals surface area contributed by atoms with E-state index in [1.807, 2.05) is 0 Å². The normalized spacial score (nSPS) is 23.4. The first-order valence-corrected chi connectivity index (χ1v) is 6.76. The molecule has 2 fully saturated rings. The first-order chi connectivity index (χ1) is 8.31. The van der Waals surface area contributed by atoms with Gasteiger partial charge in [-0.2, -0.15) is 0 Å². The largest absolute Gasteiger partial charge is 0.342 e. The van der Waals surface area contributed by atoms with E-state index in [2.05, 4.69) is 15.7 Å². The molecule has 0 aromatic carbocycles. The Labute approximate surface area is 104 Å². The summed E-state index contributed by atoms with van der Waals surface area (Å²) in [7, 11) is 0. The summed E-state index contributed by atoms with van der Waals surface area (Å²) in [4.78, 5) is 16.6. The van der Waals surface area contributed by atoms with Gasteiger partial charge in [-0.25, -0.2) is 0 Å². The maximum absolute atomic E-state index is 12.3. The lowest BCUT2D eigenvalue weighted by atomic mass is 9.94. The van der Waals surface area contributed by atoms with Gasteiger partial charge in [0.15, 0.2) is 0 Å². The molecule has 0 unspecified atom stereocenters. The van der Waals surface area contributed by atoms with Crippen LogP contribution in [0.25, 0.3) is 0 Å². The second-order valence-electron chi connectivity index (χ2n) is 5.14. The molecule has 0 bridgehead atoms. The number of terminal acetylenes is 1. The molecule has 0 aromatic rings. The second kappa shape index (κ2) is 6.07. The number of likely N-dealkylation sites (tertiary alicyclic amines) is 2. The van der Waals surface area contributed by atoms with Gasteiger partial charge in [0, 0.05) is 19.0 Å². The molecule has 0 radical (unpaired) electrons. The van der Waals surface area contributed by atoms with Gasteiger partial charge < -0.3 is 4.90 Å². The Kier molecular flexibility index (Phi) is 4.44. The summed E-state index contributed by atoms with van der Waals surface area (Å²) in [6.45, 7) is 4.64. The van der Waals surface area contributed by atoms with Crippen molar-refractivity contribution in [2.45, 2.75) is 32.1 Å². The van der Waals surface area contributed by atoms with Gasteiger partial charge in [-0.15, -0.1) is 6.42 Å². The van der Waals surface area contributed by atoms with E-state index in [-0.39, 0.29) is 5.92 Å². The molecule has 0 aliphatic carbocycles. The Hall–Kier alpha value is -1.01. The molecule has 0 aromatic heterocycles. The third-order valence-corrected chi connectivity index (χ3v) is 3.92. The number of nitrogens with zero attached hydrogens (tertiary/aromatic N) is 2. The van der Waals surface area contributed by atoms with Crippen molar-refractivity contribution in [3.8, 4) is 12.3 Å². The third kappa shape index (κ3) is 3.23. The fourth-order valence-electron chi connectivity index (χ4n) is 2.84. The lowest BCUT2D eigenvalue weighted by molar-refractivity contribution is -0.137. The van der Waals surface area contributed by atoms with Crippen molar-refractivity contribution in [3.63, 3.8) is 0 Å². The first-order valence-electron chi connectivity index (χ1n) is 6.76. The highest BCUT2D eigenvalue weighted by atomic mass is 16.2. The van der Waals surface area contributed by atoms with Crippen molar-refractivity contribution in [1.29, 1.82) is 0 Å². The predicted molar refractivity (Wildman–Crippen MR) is 68.4 cm³/mol. The summed E-state index contributed by atoms with van der Waals surface area (Å²) in [5.74, 6) is 3.32. The van der Waals surface area contributed by atoms with Gasteiger partial charge in [-0.3, -0.25) is 9.69 Å². The molecule has 0 saturated carbocycles.